The van der Waals surface area contributed by atoms with Gasteiger partial charge in [0, 0.05) is 24.5 Å². The van der Waals surface area contributed by atoms with Crippen LogP contribution < -0.4 is 10.2 Å². The lowest BCUT2D eigenvalue weighted by Gasteiger charge is -2.22. The van der Waals surface area contributed by atoms with Crippen LogP contribution in [-0.4, -0.2) is 22.6 Å². The fourth-order valence-corrected chi connectivity index (χ4v) is 2.25. The normalized spacial score (nSPS) is 14.1. The molecule has 4 heteroatoms. The topological polar surface area (TPSA) is 41.1 Å². The number of hydrogen-bond donors (Lipinski definition) is 1. The Hall–Kier alpha value is -2.10. The van der Waals surface area contributed by atoms with E-state index in [0.29, 0.717) is 6.04 Å². The molecule has 4 nitrogen and oxygen atoms in total. The Labute approximate surface area is 119 Å². The molecule has 0 unspecified atom stereocenters. The van der Waals surface area contributed by atoms with Gasteiger partial charge >= 0.3 is 0 Å². The third kappa shape index (κ3) is 2.90. The molecule has 3 rings (SSSR count). The SMILES string of the molecule is CCN(c1cccc(C)c1)c1ccnc(NC2CC2)n1. The number of aryl methyl sites for hydroxylation is 1. The Bertz CT molecular complexity index is 593. The average molecular weight is 268 g/mol. The van der Waals surface area contributed by atoms with Crippen LogP contribution in [0.4, 0.5) is 17.5 Å². The lowest BCUT2D eigenvalue weighted by molar-refractivity contribution is 0.965. The van der Waals surface area contributed by atoms with Gasteiger partial charge in [0.1, 0.15) is 5.82 Å². The number of nitrogens with zero attached hydrogens (tertiary/aromatic N) is 3. The van der Waals surface area contributed by atoms with E-state index in [0.717, 1.165) is 18.3 Å². The van der Waals surface area contributed by atoms with Crippen molar-refractivity contribution in [1.29, 1.82) is 0 Å². The quantitative estimate of drug-likeness (QED) is 0.901. The zero-order chi connectivity index (χ0) is 13.9. The van der Waals surface area contributed by atoms with E-state index in [1.165, 1.54) is 24.1 Å². The van der Waals surface area contributed by atoms with E-state index in [1.807, 2.05) is 12.3 Å². The highest BCUT2D eigenvalue weighted by Gasteiger charge is 2.22. The maximum absolute atomic E-state index is 4.63. The van der Waals surface area contributed by atoms with E-state index >= 15 is 0 Å². The van der Waals surface area contributed by atoms with Crippen molar-refractivity contribution in [3.63, 3.8) is 0 Å². The fraction of sp³-hybridized carbons (Fsp3) is 0.375. The van der Waals surface area contributed by atoms with Gasteiger partial charge in [-0.3, -0.25) is 0 Å². The summed E-state index contributed by atoms with van der Waals surface area (Å²) in [5.74, 6) is 1.67. The molecule has 1 aliphatic carbocycles. The first-order valence-corrected chi connectivity index (χ1v) is 7.20. The van der Waals surface area contributed by atoms with Crippen LogP contribution in [0.2, 0.25) is 0 Å². The molecule has 0 amide bonds. The van der Waals surface area contributed by atoms with Crippen LogP contribution in [0.15, 0.2) is 36.5 Å². The Morgan fingerprint density at radius 2 is 2.15 bits per heavy atom. The van der Waals surface area contributed by atoms with Crippen LogP contribution in [0.1, 0.15) is 25.3 Å². The molecule has 2 aromatic rings. The van der Waals surface area contributed by atoms with Crippen LogP contribution in [-0.2, 0) is 0 Å². The van der Waals surface area contributed by atoms with E-state index in [2.05, 4.69) is 58.3 Å². The summed E-state index contributed by atoms with van der Waals surface area (Å²) >= 11 is 0. The Morgan fingerprint density at radius 1 is 1.30 bits per heavy atom. The predicted octanol–water partition coefficient (Wildman–Crippen LogP) is 3.52. The van der Waals surface area contributed by atoms with Crippen molar-refractivity contribution in [3.8, 4) is 0 Å². The summed E-state index contributed by atoms with van der Waals surface area (Å²) in [5.41, 5.74) is 2.43. The van der Waals surface area contributed by atoms with Crippen molar-refractivity contribution in [2.45, 2.75) is 32.7 Å². The highest BCUT2D eigenvalue weighted by Crippen LogP contribution is 2.26. The molecule has 0 aliphatic heterocycles. The predicted molar refractivity (Wildman–Crippen MR) is 82.5 cm³/mol. The van der Waals surface area contributed by atoms with Gasteiger partial charge < -0.3 is 10.2 Å². The molecule has 0 radical (unpaired) electrons. The summed E-state index contributed by atoms with van der Waals surface area (Å²) < 4.78 is 0. The first kappa shape index (κ1) is 12.9. The number of anilines is 3. The lowest BCUT2D eigenvalue weighted by atomic mass is 10.2. The highest BCUT2D eigenvalue weighted by molar-refractivity contribution is 5.61. The zero-order valence-corrected chi connectivity index (χ0v) is 12.0. The van der Waals surface area contributed by atoms with Gasteiger partial charge in [-0.25, -0.2) is 4.98 Å². The lowest BCUT2D eigenvalue weighted by Crippen LogP contribution is -2.18. The first-order valence-electron chi connectivity index (χ1n) is 7.20. The summed E-state index contributed by atoms with van der Waals surface area (Å²) in [4.78, 5) is 11.1. The number of hydrogen-bond acceptors (Lipinski definition) is 4. The molecule has 1 saturated carbocycles. The van der Waals surface area contributed by atoms with E-state index in [1.54, 1.807) is 0 Å². The van der Waals surface area contributed by atoms with E-state index in [-0.39, 0.29) is 0 Å². The molecule has 0 atom stereocenters. The monoisotopic (exact) mass is 268 g/mol. The molecule has 1 heterocycles. The zero-order valence-electron chi connectivity index (χ0n) is 12.0. The van der Waals surface area contributed by atoms with Gasteiger partial charge in [0.2, 0.25) is 5.95 Å². The van der Waals surface area contributed by atoms with Gasteiger partial charge in [0.15, 0.2) is 0 Å². The summed E-state index contributed by atoms with van der Waals surface area (Å²) in [6.07, 6.45) is 4.28. The van der Waals surface area contributed by atoms with Crippen molar-refractivity contribution in [1.82, 2.24) is 9.97 Å². The van der Waals surface area contributed by atoms with Crippen molar-refractivity contribution >= 4 is 17.5 Å². The van der Waals surface area contributed by atoms with Crippen LogP contribution >= 0.6 is 0 Å². The number of rotatable bonds is 5. The van der Waals surface area contributed by atoms with Crippen LogP contribution in [0.25, 0.3) is 0 Å². The molecule has 104 valence electrons. The molecule has 1 aromatic carbocycles. The molecule has 1 aliphatic rings. The minimum atomic E-state index is 0.569. The van der Waals surface area contributed by atoms with Gasteiger partial charge in [-0.2, -0.15) is 4.98 Å². The smallest absolute Gasteiger partial charge is 0.224 e. The van der Waals surface area contributed by atoms with Gasteiger partial charge in [0.05, 0.1) is 0 Å². The van der Waals surface area contributed by atoms with Crippen LogP contribution in [0.5, 0.6) is 0 Å². The number of benzene rings is 1. The highest BCUT2D eigenvalue weighted by atomic mass is 15.2. The number of aromatic nitrogens is 2. The number of nitrogens with one attached hydrogen (secondary N) is 1. The molecule has 20 heavy (non-hydrogen) atoms. The van der Waals surface area contributed by atoms with Crippen molar-refractivity contribution < 1.29 is 0 Å². The molecule has 1 fully saturated rings. The van der Waals surface area contributed by atoms with E-state index in [4.69, 9.17) is 0 Å². The minimum Gasteiger partial charge on any atom is -0.351 e. The largest absolute Gasteiger partial charge is 0.351 e. The van der Waals surface area contributed by atoms with Gasteiger partial charge in [-0.15, -0.1) is 0 Å². The van der Waals surface area contributed by atoms with Gasteiger partial charge in [0.25, 0.3) is 0 Å². The third-order valence-electron chi connectivity index (χ3n) is 3.46. The Balaban J connectivity index is 1.88. The molecule has 1 N–H and O–H groups in total. The molecular formula is C16H20N4. The van der Waals surface area contributed by atoms with E-state index in [9.17, 15) is 0 Å². The van der Waals surface area contributed by atoms with Crippen LogP contribution in [0, 0.1) is 6.92 Å². The van der Waals surface area contributed by atoms with Gasteiger partial charge in [-0.05, 0) is 50.5 Å². The first-order chi connectivity index (χ1) is 9.76. The Morgan fingerprint density at radius 3 is 2.85 bits per heavy atom. The molecule has 0 spiro atoms. The second-order valence-corrected chi connectivity index (χ2v) is 5.24. The molecule has 1 aromatic heterocycles. The average Bonchev–Trinajstić information content (AvgIpc) is 3.24. The minimum absolute atomic E-state index is 0.569. The molecule has 0 bridgehead atoms. The van der Waals surface area contributed by atoms with Crippen LogP contribution in [0.3, 0.4) is 0 Å². The maximum atomic E-state index is 4.63. The maximum Gasteiger partial charge on any atom is 0.224 e. The van der Waals surface area contributed by atoms with Crippen molar-refractivity contribution in [2.24, 2.45) is 0 Å². The molecule has 0 saturated heterocycles. The fourth-order valence-electron chi connectivity index (χ4n) is 2.25. The molecular weight excluding hydrogens is 248 g/mol. The summed E-state index contributed by atoms with van der Waals surface area (Å²) in [6, 6.07) is 11.0. The van der Waals surface area contributed by atoms with Crippen molar-refractivity contribution in [3.05, 3.63) is 42.1 Å². The standard InChI is InChI=1S/C16H20N4/c1-3-20(14-6-4-5-12(2)11-14)15-9-10-17-16(19-15)18-13-7-8-13/h4-6,9-11,13H,3,7-8H2,1-2H3,(H,17,18,19). The Kier molecular flexibility index (Phi) is 3.54. The third-order valence-corrected chi connectivity index (χ3v) is 3.46. The summed E-state index contributed by atoms with van der Waals surface area (Å²) in [6.45, 7) is 5.12. The summed E-state index contributed by atoms with van der Waals surface area (Å²) in [5, 5.41) is 3.35. The summed E-state index contributed by atoms with van der Waals surface area (Å²) in [7, 11) is 0. The second kappa shape index (κ2) is 5.49. The van der Waals surface area contributed by atoms with Gasteiger partial charge in [-0.1, -0.05) is 12.1 Å². The van der Waals surface area contributed by atoms with Crippen molar-refractivity contribution in [2.75, 3.05) is 16.8 Å². The second-order valence-electron chi connectivity index (χ2n) is 5.24. The van der Waals surface area contributed by atoms with E-state index < -0.39 is 0 Å².